The zero-order chi connectivity index (χ0) is 36.4. The second-order valence-electron chi connectivity index (χ2n) is 13.6. The number of ether oxygens (including phenoxy) is 1. The van der Waals surface area contributed by atoms with E-state index in [4.69, 9.17) is 15.5 Å². The molecule has 0 radical (unpaired) electrons. The lowest BCUT2D eigenvalue weighted by Gasteiger charge is -2.25. The number of hydrogen-bond donors (Lipinski definition) is 5. The number of hydrogen-bond acceptors (Lipinski definition) is 6. The van der Waals surface area contributed by atoms with Gasteiger partial charge in [0.25, 0.3) is 0 Å². The zero-order valence-corrected chi connectivity index (χ0v) is 29.4. The molecule has 268 valence electrons. The normalized spacial score (nSPS) is 17.7. The first-order valence-corrected chi connectivity index (χ1v) is 17.5. The molecule has 7 rings (SSSR count). The fourth-order valence-electron chi connectivity index (χ4n) is 7.06. The number of guanidine groups is 1. The number of rotatable bonds is 9. The van der Waals surface area contributed by atoms with Crippen LogP contribution in [0.3, 0.4) is 0 Å². The molecule has 4 heterocycles. The molecule has 2 amide bonds. The van der Waals surface area contributed by atoms with Gasteiger partial charge in [0.05, 0.1) is 56.1 Å². The number of H-pyrrole nitrogens is 2. The first-order chi connectivity index (χ1) is 25.2. The van der Waals surface area contributed by atoms with Crippen molar-refractivity contribution in [1.82, 2.24) is 35.1 Å². The highest BCUT2D eigenvalue weighted by molar-refractivity contribution is 5.79. The number of benzene rings is 3. The number of nitrogens with one attached hydrogen (secondary N) is 3. The highest BCUT2D eigenvalue weighted by atomic mass is 16.5. The molecule has 1 saturated heterocycles. The van der Waals surface area contributed by atoms with Crippen LogP contribution in [0.25, 0.3) is 33.6 Å². The molecule has 2 aliphatic rings. The quantitative estimate of drug-likeness (QED) is 0.0849. The van der Waals surface area contributed by atoms with E-state index < -0.39 is 18.2 Å². The summed E-state index contributed by atoms with van der Waals surface area (Å²) in [5.74, 6) is 2.04. The van der Waals surface area contributed by atoms with Gasteiger partial charge in [-0.2, -0.15) is 0 Å². The Morgan fingerprint density at radius 2 is 1.52 bits per heavy atom. The summed E-state index contributed by atoms with van der Waals surface area (Å²) in [5, 5.41) is 12.7. The maximum Gasteiger partial charge on any atom is 0.408 e. The van der Waals surface area contributed by atoms with Crippen molar-refractivity contribution in [2.75, 3.05) is 20.2 Å². The van der Waals surface area contributed by atoms with Crippen molar-refractivity contribution in [1.29, 1.82) is 0 Å². The number of likely N-dealkylation sites (tertiary alicyclic amines) is 1. The van der Waals surface area contributed by atoms with Crippen molar-refractivity contribution in [3.63, 3.8) is 0 Å². The maximum absolute atomic E-state index is 12.0. The number of carboxylic acid groups (broad SMARTS) is 1. The summed E-state index contributed by atoms with van der Waals surface area (Å²) in [7, 11) is 1.35. The number of nitrogens with zero attached hydrogens (tertiary/aromatic N) is 5. The summed E-state index contributed by atoms with van der Waals surface area (Å²) in [4.78, 5) is 48.1. The third-order valence-electron chi connectivity index (χ3n) is 10.0. The number of carbonyl (C=O) groups is 2. The molecule has 0 saturated carbocycles. The molecule has 0 spiro atoms. The van der Waals surface area contributed by atoms with Crippen LogP contribution in [0.4, 0.5) is 9.59 Å². The third kappa shape index (κ3) is 6.94. The van der Waals surface area contributed by atoms with E-state index in [1.54, 1.807) is 6.20 Å². The number of aliphatic imine (C=N–C) groups is 1. The van der Waals surface area contributed by atoms with E-state index in [2.05, 4.69) is 66.6 Å². The van der Waals surface area contributed by atoms with Gasteiger partial charge in [-0.3, -0.25) is 9.89 Å². The molecule has 5 aromatic rings. The minimum absolute atomic E-state index is 0.0163. The van der Waals surface area contributed by atoms with E-state index in [-0.39, 0.29) is 18.0 Å². The number of methoxy groups -OCH3 is 1. The predicted molar refractivity (Wildman–Crippen MR) is 198 cm³/mol. The molecule has 2 aromatic heterocycles. The molecular weight excluding hydrogens is 658 g/mol. The van der Waals surface area contributed by atoms with Crippen molar-refractivity contribution in [2.24, 2.45) is 16.6 Å². The van der Waals surface area contributed by atoms with Crippen LogP contribution in [-0.2, 0) is 11.3 Å². The largest absolute Gasteiger partial charge is 0.465 e. The molecule has 3 atom stereocenters. The van der Waals surface area contributed by atoms with Crippen LogP contribution in [0.5, 0.6) is 0 Å². The highest BCUT2D eigenvalue weighted by Gasteiger charge is 2.36. The second-order valence-corrected chi connectivity index (χ2v) is 13.6. The third-order valence-corrected chi connectivity index (χ3v) is 10.0. The molecule has 13 nitrogen and oxygen atoms in total. The lowest BCUT2D eigenvalue weighted by atomic mass is 10.0. The van der Waals surface area contributed by atoms with E-state index in [9.17, 15) is 14.7 Å². The average molecular weight is 702 g/mol. The standard InChI is InChI=1S/C39H43N9O4/c1-23(2)30(46-38(49)52-3)19-43-37(40)47-18-6-9-33(47)35-41-20-31(44-35)26-14-10-24(11-15-26)25-12-16-27(17-13-25)32-21-42-36(45-32)34-29-8-5-4-7-28(29)22-48(34)39(50)51/h4-5,7-8,10-17,20-21,23,30,33-34H,6,9,18-19,22H2,1-3H3,(H2,40,43)(H,41,44)(H,42,45)(H,46,49)(H,50,51). The van der Waals surface area contributed by atoms with Gasteiger partial charge in [0, 0.05) is 6.54 Å². The average Bonchev–Trinajstić information content (AvgIpc) is 3.99. The first kappa shape index (κ1) is 34.3. The topological polar surface area (TPSA) is 178 Å². The Bertz CT molecular complexity index is 2070. The minimum atomic E-state index is -0.974. The van der Waals surface area contributed by atoms with Crippen LogP contribution in [0.15, 0.2) is 90.2 Å². The van der Waals surface area contributed by atoms with Crippen molar-refractivity contribution >= 4 is 18.1 Å². The molecular formula is C39H43N9O4. The number of aromatic amines is 2. The molecule has 13 heteroatoms. The Balaban J connectivity index is 1.01. The Labute approximate surface area is 302 Å². The summed E-state index contributed by atoms with van der Waals surface area (Å²) in [6, 6.07) is 23.7. The van der Waals surface area contributed by atoms with E-state index >= 15 is 0 Å². The smallest absolute Gasteiger partial charge is 0.408 e. The van der Waals surface area contributed by atoms with Crippen molar-refractivity contribution in [3.8, 4) is 33.6 Å². The molecule has 2 aliphatic heterocycles. The van der Waals surface area contributed by atoms with Crippen LogP contribution in [0, 0.1) is 5.92 Å². The Hall–Kier alpha value is -6.11. The van der Waals surface area contributed by atoms with Crippen molar-refractivity contribution in [3.05, 3.63) is 108 Å². The number of nitrogens with two attached hydrogens (primary N) is 1. The molecule has 0 aliphatic carbocycles. The van der Waals surface area contributed by atoms with Crippen LogP contribution in [-0.4, -0.2) is 79.2 Å². The summed E-state index contributed by atoms with van der Waals surface area (Å²) in [6.07, 6.45) is 4.04. The van der Waals surface area contributed by atoms with E-state index in [0.717, 1.165) is 70.0 Å². The molecule has 3 aromatic carbocycles. The fraction of sp³-hybridized carbons (Fsp3) is 0.308. The molecule has 52 heavy (non-hydrogen) atoms. The SMILES string of the molecule is COC(=O)NC(CN=C(N)N1CCCC1c1ncc(-c2ccc(-c3ccc(-c4cnc(C5c6ccccc6CN5C(=O)O)[nH]4)cc3)cc2)[nH]1)C(C)C. The zero-order valence-electron chi connectivity index (χ0n) is 29.4. The van der Waals surface area contributed by atoms with Gasteiger partial charge in [-0.15, -0.1) is 0 Å². The highest BCUT2D eigenvalue weighted by Crippen LogP contribution is 2.38. The van der Waals surface area contributed by atoms with Crippen LogP contribution in [0.1, 0.15) is 61.5 Å². The first-order valence-electron chi connectivity index (χ1n) is 17.5. The summed E-state index contributed by atoms with van der Waals surface area (Å²) < 4.78 is 4.76. The number of amides is 2. The number of carbonyl (C=O) groups excluding carboxylic acids is 1. The van der Waals surface area contributed by atoms with Crippen LogP contribution < -0.4 is 11.1 Å². The molecule has 6 N–H and O–H groups in total. The van der Waals surface area contributed by atoms with Crippen molar-refractivity contribution < 1.29 is 19.4 Å². The summed E-state index contributed by atoms with van der Waals surface area (Å²) >= 11 is 0. The molecule has 1 fully saturated rings. The van der Waals surface area contributed by atoms with Crippen LogP contribution >= 0.6 is 0 Å². The number of aromatic nitrogens is 4. The Morgan fingerprint density at radius 3 is 2.13 bits per heavy atom. The van der Waals surface area contributed by atoms with E-state index in [0.29, 0.717) is 24.9 Å². The van der Waals surface area contributed by atoms with Gasteiger partial charge in [0.15, 0.2) is 5.96 Å². The van der Waals surface area contributed by atoms with E-state index in [1.807, 2.05) is 56.4 Å². The van der Waals surface area contributed by atoms with Gasteiger partial charge in [0.2, 0.25) is 0 Å². The maximum atomic E-state index is 12.0. The Morgan fingerprint density at radius 1 is 0.923 bits per heavy atom. The predicted octanol–water partition coefficient (Wildman–Crippen LogP) is 6.55. The monoisotopic (exact) mass is 701 g/mol. The fourth-order valence-corrected chi connectivity index (χ4v) is 7.06. The lowest BCUT2D eigenvalue weighted by molar-refractivity contribution is 0.135. The number of alkyl carbamates (subject to hydrolysis) is 1. The number of imidazole rings is 2. The second kappa shape index (κ2) is 14.6. The van der Waals surface area contributed by atoms with Gasteiger partial charge >= 0.3 is 12.2 Å². The van der Waals surface area contributed by atoms with Crippen LogP contribution in [0.2, 0.25) is 0 Å². The molecule has 3 unspecified atom stereocenters. The Kier molecular flexibility index (Phi) is 9.66. The van der Waals surface area contributed by atoms with Gasteiger partial charge in [-0.05, 0) is 52.1 Å². The van der Waals surface area contributed by atoms with Crippen molar-refractivity contribution in [2.45, 2.75) is 51.4 Å². The molecule has 0 bridgehead atoms. The minimum Gasteiger partial charge on any atom is -0.465 e. The summed E-state index contributed by atoms with van der Waals surface area (Å²) in [6.45, 7) is 5.51. The van der Waals surface area contributed by atoms with E-state index in [1.165, 1.54) is 12.0 Å². The van der Waals surface area contributed by atoms with Gasteiger partial charge in [-0.1, -0.05) is 86.6 Å². The van der Waals surface area contributed by atoms with Gasteiger partial charge in [-0.25, -0.2) is 19.6 Å². The summed E-state index contributed by atoms with van der Waals surface area (Å²) in [5.41, 5.74) is 14.3. The van der Waals surface area contributed by atoms with Gasteiger partial charge < -0.3 is 35.8 Å². The van der Waals surface area contributed by atoms with Gasteiger partial charge in [0.1, 0.15) is 17.7 Å². The lowest BCUT2D eigenvalue weighted by Crippen LogP contribution is -2.43. The number of fused-ring (bicyclic) bond motifs is 1.